The first-order valence-electron chi connectivity index (χ1n) is 17.9. The van der Waals surface area contributed by atoms with Gasteiger partial charge in [0.2, 0.25) is 0 Å². The van der Waals surface area contributed by atoms with Crippen molar-refractivity contribution in [3.05, 3.63) is 133 Å². The summed E-state index contributed by atoms with van der Waals surface area (Å²) in [7, 11) is -8.18. The molecule has 2 N–H and O–H groups in total. The van der Waals surface area contributed by atoms with Gasteiger partial charge >= 0.3 is 0 Å². The van der Waals surface area contributed by atoms with E-state index < -0.39 is 44.1 Å². The van der Waals surface area contributed by atoms with E-state index in [1.54, 1.807) is 38.1 Å². The van der Waals surface area contributed by atoms with Gasteiger partial charge in [-0.3, -0.25) is 9.97 Å². The van der Waals surface area contributed by atoms with Crippen LogP contribution in [-0.4, -0.2) is 68.9 Å². The molecule has 0 spiro atoms. The molecule has 4 unspecified atom stereocenters. The first-order chi connectivity index (χ1) is 28.0. The number of benzene rings is 4. The fourth-order valence-corrected chi connectivity index (χ4v) is 10.4. The number of phenolic OH excluding ortho intramolecular Hbond substituents is 2. The Labute approximate surface area is 348 Å². The smallest absolute Gasteiger partial charge is 0.285 e. The van der Waals surface area contributed by atoms with Gasteiger partial charge in [-0.05, 0) is 73.5 Å². The number of sulfonamides is 2. The number of fused-ring (bicyclic) bond motifs is 4. The molecule has 0 aliphatic carbocycles. The summed E-state index contributed by atoms with van der Waals surface area (Å²) in [5.74, 6) is -0.529. The molecule has 0 saturated carbocycles. The van der Waals surface area contributed by atoms with E-state index in [0.717, 1.165) is 20.0 Å². The Hall–Kier alpha value is -6.40. The second-order valence-corrected chi connectivity index (χ2v) is 17.1. The third kappa shape index (κ3) is 6.51. The van der Waals surface area contributed by atoms with Gasteiger partial charge in [0, 0.05) is 40.2 Å². The van der Waals surface area contributed by atoms with E-state index in [9.17, 15) is 27.0 Å². The van der Waals surface area contributed by atoms with E-state index in [2.05, 4.69) is 30.5 Å². The second-order valence-electron chi connectivity index (χ2n) is 13.7. The van der Waals surface area contributed by atoms with Gasteiger partial charge in [-0.15, -0.1) is 8.83 Å². The number of nitrogens with zero attached hydrogens (tertiary/aromatic N) is 8. The van der Waals surface area contributed by atoms with Crippen LogP contribution in [-0.2, 0) is 46.8 Å². The topological polar surface area (TPSA) is 209 Å². The van der Waals surface area contributed by atoms with Crippen LogP contribution in [0.1, 0.15) is 37.2 Å². The number of hydrazone groups is 2. The van der Waals surface area contributed by atoms with E-state index in [1.165, 1.54) is 36.7 Å². The largest absolute Gasteiger partial charge is 0.506 e. The van der Waals surface area contributed by atoms with Crippen LogP contribution < -0.4 is 0 Å². The maximum Gasteiger partial charge on any atom is 0.285 e. The summed E-state index contributed by atoms with van der Waals surface area (Å²) in [6, 6.07) is 30.7. The fraction of sp³-hybridized carbons (Fsp3) is 0.150. The summed E-state index contributed by atoms with van der Waals surface area (Å²) >= 11 is 0. The van der Waals surface area contributed by atoms with Crippen molar-refractivity contribution in [3.8, 4) is 11.5 Å². The van der Waals surface area contributed by atoms with Crippen LogP contribution in [0, 0.1) is 11.8 Å². The molecule has 0 saturated heterocycles. The minimum Gasteiger partial charge on any atom is -0.506 e. The molecule has 0 amide bonds. The molecule has 16 nitrogen and oxygen atoms in total. The van der Waals surface area contributed by atoms with Gasteiger partial charge in [0.05, 0.1) is 21.2 Å². The van der Waals surface area contributed by atoms with Crippen molar-refractivity contribution in [2.24, 2.45) is 32.4 Å². The molecule has 4 atom stereocenters. The molecule has 6 heterocycles. The molecular weight excluding hydrogens is 848 g/mol. The summed E-state index contributed by atoms with van der Waals surface area (Å²) in [6.07, 6.45) is 2.11. The zero-order valence-corrected chi connectivity index (χ0v) is 33.5. The van der Waals surface area contributed by atoms with Crippen LogP contribution in [0.2, 0.25) is 0 Å². The summed E-state index contributed by atoms with van der Waals surface area (Å²) < 4.78 is 55.7. The van der Waals surface area contributed by atoms with Crippen molar-refractivity contribution >= 4 is 64.9 Å². The van der Waals surface area contributed by atoms with Crippen molar-refractivity contribution in [3.63, 3.8) is 0 Å². The Bertz CT molecular complexity index is 2790. The molecule has 19 heteroatoms. The van der Waals surface area contributed by atoms with Gasteiger partial charge in [0.1, 0.15) is 34.4 Å². The minimum atomic E-state index is -4.09. The summed E-state index contributed by atoms with van der Waals surface area (Å²) in [4.78, 5) is 19.3. The predicted octanol–water partition coefficient (Wildman–Crippen LogP) is 6.04. The molecule has 303 valence electrons. The molecule has 6 aromatic rings. The monoisotopic (exact) mass is 879 g/mol. The van der Waals surface area contributed by atoms with Gasteiger partial charge in [-0.1, -0.05) is 71.0 Å². The van der Waals surface area contributed by atoms with E-state index >= 15 is 0 Å². The van der Waals surface area contributed by atoms with E-state index in [4.69, 9.17) is 9.68 Å². The molecule has 4 aliphatic rings. The van der Waals surface area contributed by atoms with Gasteiger partial charge < -0.3 is 19.9 Å². The number of aromatic hydroxyl groups is 2. The number of oxime groups is 2. The Morgan fingerprint density at radius 3 is 1.32 bits per heavy atom. The average Bonchev–Trinajstić information content (AvgIpc) is 4.02. The quantitative estimate of drug-likeness (QED) is 0.185. The molecule has 4 aromatic carbocycles. The molecule has 59 heavy (non-hydrogen) atoms. The van der Waals surface area contributed by atoms with Crippen LogP contribution in [0.5, 0.6) is 11.5 Å². The Morgan fingerprint density at radius 2 is 0.932 bits per heavy atom. The van der Waals surface area contributed by atoms with Gasteiger partial charge in [0.15, 0.2) is 23.9 Å². The standard InChI is InChI=1S/2C20H16N4O4S.Cu/c2*1-12-17-19(13-6-3-2-4-7-13)28-23-20(17)24(22-12)29(26,27)16-10-9-15(25)18-14(16)8-5-11-21-18;/h2*2-11,17,19,25H,1H3;. The van der Waals surface area contributed by atoms with Gasteiger partial charge in [0.25, 0.3) is 20.0 Å². The van der Waals surface area contributed by atoms with Crippen LogP contribution in [0.3, 0.4) is 0 Å². The number of phenols is 2. The number of pyridine rings is 2. The first-order valence-corrected chi connectivity index (χ1v) is 20.8. The van der Waals surface area contributed by atoms with Gasteiger partial charge in [-0.2, -0.15) is 27.0 Å². The molecule has 10 rings (SSSR count). The third-order valence-corrected chi connectivity index (χ3v) is 13.4. The number of hydrogen-bond acceptors (Lipinski definition) is 14. The van der Waals surface area contributed by atoms with E-state index in [1.807, 2.05) is 60.7 Å². The number of aromatic nitrogens is 2. The normalized spacial score (nSPS) is 20.6. The maximum absolute atomic E-state index is 13.5. The molecule has 0 fully saturated rings. The molecular formula is C40H32CuN8O8S2. The van der Waals surface area contributed by atoms with Crippen molar-refractivity contribution in [1.82, 2.24) is 18.8 Å². The van der Waals surface area contributed by atoms with Gasteiger partial charge in [-0.25, -0.2) is 0 Å². The molecule has 2 aromatic heterocycles. The zero-order valence-electron chi connectivity index (χ0n) is 30.9. The van der Waals surface area contributed by atoms with E-state index in [-0.39, 0.29) is 61.1 Å². The van der Waals surface area contributed by atoms with Crippen LogP contribution >= 0.6 is 0 Å². The summed E-state index contributed by atoms with van der Waals surface area (Å²) in [5, 5.41) is 37.4. The Kier molecular flexibility index (Phi) is 10.1. The van der Waals surface area contributed by atoms with Crippen molar-refractivity contribution < 1.29 is 53.8 Å². The van der Waals surface area contributed by atoms with E-state index in [0.29, 0.717) is 22.2 Å². The van der Waals surface area contributed by atoms with Crippen molar-refractivity contribution in [2.45, 2.75) is 35.8 Å². The molecule has 0 bridgehead atoms. The third-order valence-electron chi connectivity index (χ3n) is 10.2. The second kappa shape index (κ2) is 15.1. The molecule has 1 radical (unpaired) electrons. The average molecular weight is 880 g/mol. The zero-order chi connectivity index (χ0) is 40.3. The van der Waals surface area contributed by atoms with Crippen molar-refractivity contribution in [1.29, 1.82) is 0 Å². The van der Waals surface area contributed by atoms with Crippen LogP contribution in [0.25, 0.3) is 21.8 Å². The minimum absolute atomic E-state index is 0. The Morgan fingerprint density at radius 1 is 0.542 bits per heavy atom. The SMILES string of the molecule is CC1=NN(S(=O)(=O)c2ccc(O)c3ncccc23)C2=NOC(c3ccccc3)C12.CC1=NN(S(=O)(=O)c2ccc(O)c3ncccc23)C2=NOC(c3ccccc3)C12.[Cu]. The number of hydrogen-bond donors (Lipinski definition) is 2. The summed E-state index contributed by atoms with van der Waals surface area (Å²) in [6.45, 7) is 3.52. The fourth-order valence-electron chi connectivity index (χ4n) is 7.41. The van der Waals surface area contributed by atoms with Crippen LogP contribution in [0.4, 0.5) is 0 Å². The predicted molar refractivity (Wildman–Crippen MR) is 213 cm³/mol. The first kappa shape index (κ1) is 39.4. The Balaban J connectivity index is 0.000000161. The molecule has 4 aliphatic heterocycles. The number of amidine groups is 2. The van der Waals surface area contributed by atoms with Crippen LogP contribution in [0.15, 0.2) is 152 Å². The van der Waals surface area contributed by atoms with Crippen molar-refractivity contribution in [2.75, 3.05) is 0 Å². The summed E-state index contributed by atoms with van der Waals surface area (Å²) in [5.41, 5.74) is 3.39. The maximum atomic E-state index is 13.5. The number of rotatable bonds is 6.